The van der Waals surface area contributed by atoms with Gasteiger partial charge in [0.1, 0.15) is 17.5 Å². The number of carbonyl (C=O) groups excluding carboxylic acids is 1. The van der Waals surface area contributed by atoms with E-state index < -0.39 is 0 Å². The fourth-order valence-corrected chi connectivity index (χ4v) is 4.67. The number of hydrogen-bond donors (Lipinski definition) is 2. The van der Waals surface area contributed by atoms with Crippen molar-refractivity contribution in [2.45, 2.75) is 38.1 Å². The van der Waals surface area contributed by atoms with Crippen LogP contribution >= 0.6 is 0 Å². The summed E-state index contributed by atoms with van der Waals surface area (Å²) in [4.78, 5) is 14.0. The molecule has 0 spiro atoms. The van der Waals surface area contributed by atoms with Crippen LogP contribution in [0, 0.1) is 0 Å². The van der Waals surface area contributed by atoms with Gasteiger partial charge in [0, 0.05) is 24.6 Å². The number of rotatable bonds is 6. The molecular formula is C23H29N2O3+. The van der Waals surface area contributed by atoms with Gasteiger partial charge in [0.15, 0.2) is 6.54 Å². The molecule has 1 aliphatic heterocycles. The number of anilines is 1. The molecule has 2 aromatic rings. The number of nitrogens with one attached hydrogen (secondary N) is 2. The molecule has 2 N–H and O–H groups in total. The highest BCUT2D eigenvalue weighted by atomic mass is 16.5. The molecule has 5 nitrogen and oxygen atoms in total. The second kappa shape index (κ2) is 8.23. The maximum atomic E-state index is 12.7. The summed E-state index contributed by atoms with van der Waals surface area (Å²) in [5, 5.41) is 3.11. The predicted molar refractivity (Wildman–Crippen MR) is 109 cm³/mol. The molecule has 0 saturated carbocycles. The molecule has 1 fully saturated rings. The molecule has 1 heterocycles. The molecule has 4 rings (SSSR count). The van der Waals surface area contributed by atoms with Gasteiger partial charge in [0.2, 0.25) is 0 Å². The lowest BCUT2D eigenvalue weighted by atomic mass is 10.0. The van der Waals surface area contributed by atoms with E-state index in [1.165, 1.54) is 22.4 Å². The maximum Gasteiger partial charge on any atom is 0.279 e. The van der Waals surface area contributed by atoms with Crippen molar-refractivity contribution in [3.05, 3.63) is 53.1 Å². The summed E-state index contributed by atoms with van der Waals surface area (Å²) in [5.74, 6) is 1.70. The summed E-state index contributed by atoms with van der Waals surface area (Å²) in [7, 11) is 3.35. The summed E-state index contributed by atoms with van der Waals surface area (Å²) < 4.78 is 10.9. The van der Waals surface area contributed by atoms with Crippen LogP contribution in [0.5, 0.6) is 11.5 Å². The minimum absolute atomic E-state index is 0.0762. The zero-order valence-corrected chi connectivity index (χ0v) is 16.7. The number of amides is 1. The van der Waals surface area contributed by atoms with Gasteiger partial charge >= 0.3 is 0 Å². The normalized spacial score (nSPS) is 20.6. The number of quaternary nitrogens is 1. The quantitative estimate of drug-likeness (QED) is 0.809. The third-order valence-electron chi connectivity index (χ3n) is 6.07. The van der Waals surface area contributed by atoms with Crippen molar-refractivity contribution in [3.8, 4) is 11.5 Å². The van der Waals surface area contributed by atoms with E-state index in [-0.39, 0.29) is 11.9 Å². The average molecular weight is 381 g/mol. The molecule has 0 radical (unpaired) electrons. The first-order valence-electron chi connectivity index (χ1n) is 10.2. The number of likely N-dealkylation sites (tertiary alicyclic amines) is 1. The highest BCUT2D eigenvalue weighted by Crippen LogP contribution is 2.31. The molecule has 0 aromatic heterocycles. The Labute approximate surface area is 166 Å². The summed E-state index contributed by atoms with van der Waals surface area (Å²) in [6.45, 7) is 1.47. The van der Waals surface area contributed by atoms with Gasteiger partial charge in [-0.1, -0.05) is 6.07 Å². The first-order valence-corrected chi connectivity index (χ1v) is 10.2. The highest BCUT2D eigenvalue weighted by molar-refractivity contribution is 5.91. The smallest absolute Gasteiger partial charge is 0.279 e. The minimum Gasteiger partial charge on any atom is -0.497 e. The molecule has 1 saturated heterocycles. The molecule has 1 unspecified atom stereocenters. The standard InChI is InChI=1S/C23H28N2O3/c1-27-19-10-11-20(22(14-19)28-2)21-7-4-12-25(21)15-23(26)24-18-9-8-16-5-3-6-17(16)13-18/h8-11,13-14,21H,3-7,12,15H2,1-2H3,(H,24,26)/p+1/t21-/m0/s1. The number of methoxy groups -OCH3 is 2. The number of carbonyl (C=O) groups is 1. The minimum atomic E-state index is 0.0762. The van der Waals surface area contributed by atoms with Crippen molar-refractivity contribution >= 4 is 11.6 Å². The Kier molecular flexibility index (Phi) is 5.53. The van der Waals surface area contributed by atoms with Crippen LogP contribution in [-0.4, -0.2) is 33.2 Å². The summed E-state index contributed by atoms with van der Waals surface area (Å²) in [5.41, 5.74) is 4.88. The van der Waals surface area contributed by atoms with Crippen LogP contribution in [0.2, 0.25) is 0 Å². The van der Waals surface area contributed by atoms with Gasteiger partial charge in [-0.3, -0.25) is 4.79 Å². The molecule has 2 aliphatic rings. The second-order valence-corrected chi connectivity index (χ2v) is 7.77. The molecule has 2 aromatic carbocycles. The van der Waals surface area contributed by atoms with Crippen molar-refractivity contribution in [1.29, 1.82) is 0 Å². The van der Waals surface area contributed by atoms with Crippen molar-refractivity contribution in [2.75, 3.05) is 32.6 Å². The number of aryl methyl sites for hydroxylation is 2. The lowest BCUT2D eigenvalue weighted by Crippen LogP contribution is -3.11. The van der Waals surface area contributed by atoms with Gasteiger partial charge in [-0.15, -0.1) is 0 Å². The first kappa shape index (κ1) is 18.8. The van der Waals surface area contributed by atoms with E-state index in [2.05, 4.69) is 23.5 Å². The van der Waals surface area contributed by atoms with E-state index in [9.17, 15) is 4.79 Å². The molecule has 0 bridgehead atoms. The molecule has 148 valence electrons. The second-order valence-electron chi connectivity index (χ2n) is 7.77. The van der Waals surface area contributed by atoms with Crippen LogP contribution < -0.4 is 19.7 Å². The molecular weight excluding hydrogens is 352 g/mol. The molecule has 28 heavy (non-hydrogen) atoms. The lowest BCUT2D eigenvalue weighted by molar-refractivity contribution is -0.910. The Morgan fingerprint density at radius 3 is 2.75 bits per heavy atom. The Balaban J connectivity index is 1.44. The average Bonchev–Trinajstić information content (AvgIpc) is 3.36. The fraction of sp³-hybridized carbons (Fsp3) is 0.435. The number of benzene rings is 2. The third kappa shape index (κ3) is 3.85. The molecule has 2 atom stereocenters. The van der Waals surface area contributed by atoms with Gasteiger partial charge in [-0.25, -0.2) is 0 Å². The largest absolute Gasteiger partial charge is 0.497 e. The topological polar surface area (TPSA) is 52.0 Å². The summed E-state index contributed by atoms with van der Waals surface area (Å²) in [6.07, 6.45) is 5.67. The van der Waals surface area contributed by atoms with Crippen LogP contribution in [0.1, 0.15) is 42.0 Å². The van der Waals surface area contributed by atoms with Gasteiger partial charge in [-0.2, -0.15) is 0 Å². The number of ether oxygens (including phenoxy) is 2. The van der Waals surface area contributed by atoms with E-state index in [4.69, 9.17) is 9.47 Å². The van der Waals surface area contributed by atoms with E-state index >= 15 is 0 Å². The van der Waals surface area contributed by atoms with E-state index in [1.807, 2.05) is 18.2 Å². The Morgan fingerprint density at radius 1 is 1.07 bits per heavy atom. The summed E-state index contributed by atoms with van der Waals surface area (Å²) in [6, 6.07) is 12.6. The van der Waals surface area contributed by atoms with Crippen molar-refractivity contribution < 1.29 is 19.2 Å². The monoisotopic (exact) mass is 381 g/mol. The van der Waals surface area contributed by atoms with Crippen LogP contribution in [0.15, 0.2) is 36.4 Å². The zero-order chi connectivity index (χ0) is 19.5. The van der Waals surface area contributed by atoms with E-state index in [0.717, 1.165) is 55.0 Å². The van der Waals surface area contributed by atoms with Gasteiger partial charge in [0.25, 0.3) is 5.91 Å². The Hall–Kier alpha value is -2.53. The van der Waals surface area contributed by atoms with E-state index in [0.29, 0.717) is 6.54 Å². The van der Waals surface area contributed by atoms with Crippen LogP contribution in [0.4, 0.5) is 5.69 Å². The van der Waals surface area contributed by atoms with Crippen LogP contribution in [0.25, 0.3) is 0 Å². The zero-order valence-electron chi connectivity index (χ0n) is 16.7. The maximum absolute atomic E-state index is 12.7. The van der Waals surface area contributed by atoms with Crippen LogP contribution in [0.3, 0.4) is 0 Å². The fourth-order valence-electron chi connectivity index (χ4n) is 4.67. The van der Waals surface area contributed by atoms with Gasteiger partial charge < -0.3 is 19.7 Å². The summed E-state index contributed by atoms with van der Waals surface area (Å²) >= 11 is 0. The van der Waals surface area contributed by atoms with Crippen molar-refractivity contribution in [2.24, 2.45) is 0 Å². The van der Waals surface area contributed by atoms with Gasteiger partial charge in [0.05, 0.1) is 26.3 Å². The van der Waals surface area contributed by atoms with Gasteiger partial charge in [-0.05, 0) is 54.7 Å². The Morgan fingerprint density at radius 2 is 1.93 bits per heavy atom. The van der Waals surface area contributed by atoms with Crippen molar-refractivity contribution in [3.63, 3.8) is 0 Å². The number of fused-ring (bicyclic) bond motifs is 1. The highest BCUT2D eigenvalue weighted by Gasteiger charge is 2.33. The molecule has 1 aliphatic carbocycles. The lowest BCUT2D eigenvalue weighted by Gasteiger charge is -2.23. The third-order valence-corrected chi connectivity index (χ3v) is 6.07. The molecule has 5 heteroatoms. The van der Waals surface area contributed by atoms with Crippen LogP contribution in [-0.2, 0) is 17.6 Å². The Bertz CT molecular complexity index is 865. The SMILES string of the molecule is COc1ccc([C@@H]2CCC[NH+]2CC(=O)Nc2ccc3c(c2)CCC3)c(OC)c1. The predicted octanol–water partition coefficient (Wildman–Crippen LogP) is 2.55. The number of hydrogen-bond acceptors (Lipinski definition) is 3. The molecule has 1 amide bonds. The van der Waals surface area contributed by atoms with E-state index in [1.54, 1.807) is 14.2 Å². The van der Waals surface area contributed by atoms with Crippen molar-refractivity contribution in [1.82, 2.24) is 0 Å². The first-order chi connectivity index (χ1) is 13.7.